The van der Waals surface area contributed by atoms with Gasteiger partial charge in [0.2, 0.25) is 0 Å². The van der Waals surface area contributed by atoms with Gasteiger partial charge in [-0.05, 0) is 48.2 Å². The molecule has 0 unspecified atom stereocenters. The molecule has 0 aliphatic heterocycles. The first kappa shape index (κ1) is 17.8. The number of anilines is 1. The molecule has 2 aromatic carbocycles. The monoisotopic (exact) mass is 365 g/mol. The fourth-order valence-corrected chi connectivity index (χ4v) is 2.96. The molecule has 26 heavy (non-hydrogen) atoms. The molecule has 3 rings (SSSR count). The van der Waals surface area contributed by atoms with Crippen LogP contribution in [0.2, 0.25) is 0 Å². The lowest BCUT2D eigenvalue weighted by atomic mass is 10.2. The average Bonchev–Trinajstić information content (AvgIpc) is 2.67. The van der Waals surface area contributed by atoms with Gasteiger partial charge in [0, 0.05) is 17.6 Å². The number of nitrogens with two attached hydrogens (primary N) is 1. The summed E-state index contributed by atoms with van der Waals surface area (Å²) >= 11 is 1.63. The lowest BCUT2D eigenvalue weighted by Gasteiger charge is -2.11. The first-order valence-electron chi connectivity index (χ1n) is 8.06. The highest BCUT2D eigenvalue weighted by Crippen LogP contribution is 2.31. The van der Waals surface area contributed by atoms with Gasteiger partial charge in [-0.25, -0.2) is 4.98 Å². The Balaban J connectivity index is 1.68. The minimum Gasteiger partial charge on any atom is -0.456 e. The highest BCUT2D eigenvalue weighted by Gasteiger charge is 2.10. The Kier molecular flexibility index (Phi) is 5.76. The lowest BCUT2D eigenvalue weighted by Crippen LogP contribution is -2.24. The van der Waals surface area contributed by atoms with Crippen LogP contribution in [0.1, 0.15) is 15.9 Å². The Bertz CT molecular complexity index is 915. The maximum absolute atomic E-state index is 12.2. The largest absolute Gasteiger partial charge is 0.456 e. The van der Waals surface area contributed by atoms with Crippen LogP contribution in [0.15, 0.2) is 71.8 Å². The molecule has 5 nitrogen and oxygen atoms in total. The maximum atomic E-state index is 12.2. The van der Waals surface area contributed by atoms with Crippen LogP contribution in [-0.2, 0) is 6.54 Å². The topological polar surface area (TPSA) is 77.2 Å². The van der Waals surface area contributed by atoms with Crippen molar-refractivity contribution in [1.82, 2.24) is 10.3 Å². The molecule has 0 spiro atoms. The number of benzene rings is 2. The number of hydrogen-bond acceptors (Lipinski definition) is 5. The molecule has 0 aliphatic rings. The molecule has 0 saturated carbocycles. The fraction of sp³-hybridized carbons (Fsp3) is 0.100. The van der Waals surface area contributed by atoms with E-state index in [0.717, 1.165) is 22.0 Å². The number of hydrogen-bond donors (Lipinski definition) is 2. The summed E-state index contributed by atoms with van der Waals surface area (Å²) in [6, 6.07) is 18.8. The van der Waals surface area contributed by atoms with Crippen LogP contribution < -0.4 is 15.8 Å². The second-order valence-corrected chi connectivity index (χ2v) is 6.37. The maximum Gasteiger partial charge on any atom is 0.255 e. The van der Waals surface area contributed by atoms with Gasteiger partial charge >= 0.3 is 0 Å². The lowest BCUT2D eigenvalue weighted by molar-refractivity contribution is 0.0951. The second-order valence-electron chi connectivity index (χ2n) is 5.52. The first-order chi connectivity index (χ1) is 12.7. The Morgan fingerprint density at radius 3 is 2.81 bits per heavy atom. The van der Waals surface area contributed by atoms with Gasteiger partial charge in [-0.15, -0.1) is 11.8 Å². The third-order valence-electron chi connectivity index (χ3n) is 3.73. The van der Waals surface area contributed by atoms with E-state index in [1.165, 1.54) is 0 Å². The molecule has 1 aromatic heterocycles. The van der Waals surface area contributed by atoms with Crippen molar-refractivity contribution in [3.63, 3.8) is 0 Å². The molecule has 0 bridgehead atoms. The third-order valence-corrected chi connectivity index (χ3v) is 4.51. The molecule has 132 valence electrons. The number of nitrogens with zero attached hydrogens (tertiary/aromatic N) is 1. The molecule has 0 radical (unpaired) electrons. The molecular weight excluding hydrogens is 346 g/mol. The van der Waals surface area contributed by atoms with Crippen molar-refractivity contribution in [3.05, 3.63) is 78.0 Å². The number of pyridine rings is 1. The minimum atomic E-state index is -0.255. The predicted molar refractivity (Wildman–Crippen MR) is 105 cm³/mol. The summed E-state index contributed by atoms with van der Waals surface area (Å²) in [5.74, 6) is 1.49. The highest BCUT2D eigenvalue weighted by atomic mass is 32.2. The Morgan fingerprint density at radius 1 is 1.15 bits per heavy atom. The van der Waals surface area contributed by atoms with Crippen molar-refractivity contribution in [2.24, 2.45) is 0 Å². The van der Waals surface area contributed by atoms with Crippen LogP contribution in [0, 0.1) is 0 Å². The van der Waals surface area contributed by atoms with Gasteiger partial charge < -0.3 is 15.8 Å². The van der Waals surface area contributed by atoms with E-state index in [9.17, 15) is 4.79 Å². The van der Waals surface area contributed by atoms with E-state index in [4.69, 9.17) is 10.5 Å². The molecule has 0 fully saturated rings. The molecule has 1 amide bonds. The van der Waals surface area contributed by atoms with Crippen LogP contribution >= 0.6 is 11.8 Å². The number of aromatic nitrogens is 1. The number of rotatable bonds is 6. The van der Waals surface area contributed by atoms with Gasteiger partial charge in [-0.3, -0.25) is 4.79 Å². The highest BCUT2D eigenvalue weighted by molar-refractivity contribution is 7.98. The molecule has 0 saturated heterocycles. The van der Waals surface area contributed by atoms with E-state index in [1.807, 2.05) is 54.8 Å². The number of nitrogens with one attached hydrogen (secondary N) is 1. The average molecular weight is 365 g/mol. The van der Waals surface area contributed by atoms with Crippen LogP contribution in [0.5, 0.6) is 11.5 Å². The minimum absolute atomic E-state index is 0.218. The van der Waals surface area contributed by atoms with E-state index in [0.29, 0.717) is 12.1 Å². The zero-order valence-electron chi connectivity index (χ0n) is 14.3. The number of amides is 1. The molecule has 1 heterocycles. The van der Waals surface area contributed by atoms with Crippen molar-refractivity contribution in [2.75, 3.05) is 12.0 Å². The Morgan fingerprint density at radius 2 is 2.00 bits per heavy atom. The summed E-state index contributed by atoms with van der Waals surface area (Å²) in [6.07, 6.45) is 3.57. The number of para-hydroxylation sites is 1. The standard InChI is InChI=1S/C20H19N3O2S/c1-26-18-10-3-2-9-17(18)25-15-7-4-6-14(12-15)13-23-20(24)16-8-5-11-22-19(16)21/h2-12H,13H2,1H3,(H2,21,22)(H,23,24). The third kappa shape index (κ3) is 4.34. The summed E-state index contributed by atoms with van der Waals surface area (Å²) in [5, 5.41) is 2.85. The van der Waals surface area contributed by atoms with Crippen molar-refractivity contribution in [1.29, 1.82) is 0 Å². The summed E-state index contributed by atoms with van der Waals surface area (Å²) < 4.78 is 5.99. The molecule has 3 aromatic rings. The van der Waals surface area contributed by atoms with Crippen LogP contribution in [0.3, 0.4) is 0 Å². The Labute approximate surface area is 156 Å². The van der Waals surface area contributed by atoms with Crippen molar-refractivity contribution in [3.8, 4) is 11.5 Å². The van der Waals surface area contributed by atoms with Crippen molar-refractivity contribution < 1.29 is 9.53 Å². The number of nitrogen functional groups attached to an aromatic ring is 1. The smallest absolute Gasteiger partial charge is 0.255 e. The zero-order chi connectivity index (χ0) is 18.4. The van der Waals surface area contributed by atoms with Gasteiger partial charge in [0.15, 0.2) is 0 Å². The van der Waals surface area contributed by atoms with Crippen molar-refractivity contribution in [2.45, 2.75) is 11.4 Å². The van der Waals surface area contributed by atoms with Gasteiger partial charge in [-0.1, -0.05) is 24.3 Å². The first-order valence-corrected chi connectivity index (χ1v) is 9.28. The zero-order valence-corrected chi connectivity index (χ0v) is 15.1. The normalized spacial score (nSPS) is 10.3. The number of thioether (sulfide) groups is 1. The molecule has 3 N–H and O–H groups in total. The fourth-order valence-electron chi connectivity index (χ4n) is 2.44. The van der Waals surface area contributed by atoms with Gasteiger partial charge in [0.1, 0.15) is 17.3 Å². The van der Waals surface area contributed by atoms with Crippen LogP contribution in [0.4, 0.5) is 5.82 Å². The summed E-state index contributed by atoms with van der Waals surface area (Å²) in [4.78, 5) is 17.2. The summed E-state index contributed by atoms with van der Waals surface area (Å²) in [5.41, 5.74) is 7.03. The van der Waals surface area contributed by atoms with Crippen LogP contribution in [0.25, 0.3) is 0 Å². The van der Waals surface area contributed by atoms with E-state index >= 15 is 0 Å². The summed E-state index contributed by atoms with van der Waals surface area (Å²) in [6.45, 7) is 0.370. The van der Waals surface area contributed by atoms with Gasteiger partial charge in [0.05, 0.1) is 5.56 Å². The second kappa shape index (κ2) is 8.40. The molecule has 0 atom stereocenters. The molecular formula is C20H19N3O2S. The van der Waals surface area contributed by atoms with E-state index in [1.54, 1.807) is 30.1 Å². The van der Waals surface area contributed by atoms with Gasteiger partial charge in [0.25, 0.3) is 5.91 Å². The van der Waals surface area contributed by atoms with Gasteiger partial charge in [-0.2, -0.15) is 0 Å². The van der Waals surface area contributed by atoms with Crippen molar-refractivity contribution >= 4 is 23.5 Å². The number of carbonyl (C=O) groups excluding carboxylic acids is 1. The predicted octanol–water partition coefficient (Wildman–Crippen LogP) is 4.11. The van der Waals surface area contributed by atoms with E-state index in [-0.39, 0.29) is 11.7 Å². The summed E-state index contributed by atoms with van der Waals surface area (Å²) in [7, 11) is 0. The molecule has 0 aliphatic carbocycles. The molecule has 6 heteroatoms. The van der Waals surface area contributed by atoms with Crippen LogP contribution in [-0.4, -0.2) is 17.1 Å². The van der Waals surface area contributed by atoms with E-state index in [2.05, 4.69) is 10.3 Å². The Hall–Kier alpha value is -2.99. The number of ether oxygens (including phenoxy) is 1. The quantitative estimate of drug-likeness (QED) is 0.643. The SMILES string of the molecule is CSc1ccccc1Oc1cccc(CNC(=O)c2cccnc2N)c1. The van der Waals surface area contributed by atoms with E-state index < -0.39 is 0 Å². The number of carbonyl (C=O) groups is 1.